The van der Waals surface area contributed by atoms with Gasteiger partial charge in [0.25, 0.3) is 5.56 Å². The van der Waals surface area contributed by atoms with Gasteiger partial charge in [0.05, 0.1) is 11.9 Å². The number of nitrogens with zero attached hydrogens (tertiary/aromatic N) is 5. The summed E-state index contributed by atoms with van der Waals surface area (Å²) in [6, 6.07) is 7.15. The van der Waals surface area contributed by atoms with Crippen molar-refractivity contribution >= 4 is 39.1 Å². The van der Waals surface area contributed by atoms with Crippen molar-refractivity contribution in [3.8, 4) is 11.5 Å². The molecule has 0 aliphatic heterocycles. The van der Waals surface area contributed by atoms with Crippen LogP contribution in [0.25, 0.3) is 33.3 Å². The molecule has 35 heavy (non-hydrogen) atoms. The van der Waals surface area contributed by atoms with Crippen molar-refractivity contribution in [3.05, 3.63) is 67.6 Å². The first kappa shape index (κ1) is 22.9. The zero-order valence-corrected chi connectivity index (χ0v) is 20.5. The van der Waals surface area contributed by atoms with E-state index in [0.717, 1.165) is 34.0 Å². The van der Waals surface area contributed by atoms with Crippen LogP contribution in [0.3, 0.4) is 0 Å². The minimum absolute atomic E-state index is 0.0727. The van der Waals surface area contributed by atoms with E-state index in [1.165, 1.54) is 0 Å². The van der Waals surface area contributed by atoms with Gasteiger partial charge in [-0.15, -0.1) is 0 Å². The number of hydrogen-bond donors (Lipinski definition) is 2. The van der Waals surface area contributed by atoms with E-state index in [9.17, 15) is 9.59 Å². The average Bonchev–Trinajstić information content (AvgIpc) is 3.44. The molecule has 180 valence electrons. The number of pyridine rings is 2. The van der Waals surface area contributed by atoms with Gasteiger partial charge in [-0.2, -0.15) is 5.10 Å². The molecule has 0 saturated heterocycles. The minimum atomic E-state index is -0.687. The van der Waals surface area contributed by atoms with Gasteiger partial charge in [-0.3, -0.25) is 18.9 Å². The predicted octanol–water partition coefficient (Wildman–Crippen LogP) is 4.17. The Kier molecular flexibility index (Phi) is 5.68. The second kappa shape index (κ2) is 8.70. The van der Waals surface area contributed by atoms with Crippen LogP contribution in [0.15, 0.2) is 44.6 Å². The van der Waals surface area contributed by atoms with Gasteiger partial charge in [0.15, 0.2) is 0 Å². The van der Waals surface area contributed by atoms with Crippen molar-refractivity contribution in [1.29, 1.82) is 0 Å². The van der Waals surface area contributed by atoms with Crippen LogP contribution >= 0.6 is 11.6 Å². The zero-order valence-electron chi connectivity index (χ0n) is 19.7. The SMILES string of the molecule is CCCn1ncc2c3c(C(C)Nc4ccc(Cl)nc4-c4noc(=O)[nH]4)cc(C)cc3c(=O)n(C)c21. The molecule has 0 aliphatic rings. The second-order valence-corrected chi connectivity index (χ2v) is 8.97. The van der Waals surface area contributed by atoms with E-state index in [-0.39, 0.29) is 22.6 Å². The van der Waals surface area contributed by atoms with E-state index < -0.39 is 5.76 Å². The number of aryl methyl sites for hydroxylation is 3. The summed E-state index contributed by atoms with van der Waals surface area (Å²) in [5.74, 6) is -0.522. The van der Waals surface area contributed by atoms with Gasteiger partial charge in [-0.1, -0.05) is 29.7 Å². The maximum Gasteiger partial charge on any atom is 0.439 e. The normalized spacial score (nSPS) is 12.5. The third-order valence-corrected chi connectivity index (χ3v) is 6.26. The molecule has 0 spiro atoms. The van der Waals surface area contributed by atoms with Gasteiger partial charge in [-0.05, 0) is 49.6 Å². The number of halogens is 1. The summed E-state index contributed by atoms with van der Waals surface area (Å²) in [5.41, 5.74) is 3.57. The number of anilines is 1. The largest absolute Gasteiger partial charge is 0.439 e. The fourth-order valence-electron chi connectivity index (χ4n) is 4.56. The van der Waals surface area contributed by atoms with Crippen molar-refractivity contribution in [2.75, 3.05) is 5.32 Å². The molecule has 0 fully saturated rings. The predicted molar refractivity (Wildman–Crippen MR) is 135 cm³/mol. The van der Waals surface area contributed by atoms with E-state index in [1.54, 1.807) is 23.7 Å². The number of rotatable bonds is 6. The van der Waals surface area contributed by atoms with Crippen LogP contribution in [0.2, 0.25) is 5.15 Å². The van der Waals surface area contributed by atoms with Crippen LogP contribution in [0.5, 0.6) is 0 Å². The first-order valence-corrected chi connectivity index (χ1v) is 11.6. The minimum Gasteiger partial charge on any atom is -0.377 e. The molecule has 10 nitrogen and oxygen atoms in total. The number of aromatic nitrogens is 6. The molecular weight excluding hydrogens is 470 g/mol. The van der Waals surface area contributed by atoms with Crippen LogP contribution in [0, 0.1) is 6.92 Å². The molecular formula is C24H24ClN7O3. The first-order chi connectivity index (χ1) is 16.8. The van der Waals surface area contributed by atoms with Crippen molar-refractivity contribution in [1.82, 2.24) is 29.5 Å². The summed E-state index contributed by atoms with van der Waals surface area (Å²) in [6.07, 6.45) is 2.73. The Morgan fingerprint density at radius 2 is 2.03 bits per heavy atom. The second-order valence-electron chi connectivity index (χ2n) is 8.59. The number of H-pyrrole nitrogens is 1. The third-order valence-electron chi connectivity index (χ3n) is 6.05. The Morgan fingerprint density at radius 1 is 1.23 bits per heavy atom. The fraction of sp³-hybridized carbons (Fsp3) is 0.292. The summed E-state index contributed by atoms with van der Waals surface area (Å²) in [5, 5.41) is 14.4. The number of nitrogens with one attached hydrogen (secondary N) is 2. The van der Waals surface area contributed by atoms with Crippen molar-refractivity contribution < 1.29 is 4.52 Å². The average molecular weight is 494 g/mol. The molecule has 0 radical (unpaired) electrons. The molecule has 0 saturated carbocycles. The van der Waals surface area contributed by atoms with Crippen molar-refractivity contribution in [2.45, 2.75) is 39.8 Å². The first-order valence-electron chi connectivity index (χ1n) is 11.3. The highest BCUT2D eigenvalue weighted by molar-refractivity contribution is 6.29. The zero-order chi connectivity index (χ0) is 24.9. The molecule has 1 atom stereocenters. The number of fused-ring (bicyclic) bond motifs is 3. The molecule has 0 amide bonds. The molecule has 4 heterocycles. The number of hydrogen-bond acceptors (Lipinski definition) is 7. The Bertz CT molecular complexity index is 1700. The van der Waals surface area contributed by atoms with E-state index in [1.807, 2.05) is 30.8 Å². The molecule has 5 aromatic rings. The Hall–Kier alpha value is -3.92. The van der Waals surface area contributed by atoms with Crippen LogP contribution in [0.4, 0.5) is 5.69 Å². The molecule has 5 rings (SSSR count). The fourth-order valence-corrected chi connectivity index (χ4v) is 4.71. The Balaban J connectivity index is 1.70. The molecule has 1 unspecified atom stereocenters. The summed E-state index contributed by atoms with van der Waals surface area (Å²) < 4.78 is 8.20. The highest BCUT2D eigenvalue weighted by Gasteiger charge is 2.21. The highest BCUT2D eigenvalue weighted by atomic mass is 35.5. The maximum absolute atomic E-state index is 13.4. The summed E-state index contributed by atoms with van der Waals surface area (Å²) in [6.45, 7) is 6.76. The van der Waals surface area contributed by atoms with E-state index >= 15 is 0 Å². The molecule has 1 aromatic carbocycles. The maximum atomic E-state index is 13.4. The van der Waals surface area contributed by atoms with Gasteiger partial charge in [-0.25, -0.2) is 14.5 Å². The van der Waals surface area contributed by atoms with E-state index in [2.05, 4.69) is 43.1 Å². The number of benzene rings is 1. The molecule has 2 N–H and O–H groups in total. The Morgan fingerprint density at radius 3 is 2.74 bits per heavy atom. The quantitative estimate of drug-likeness (QED) is 0.340. The van der Waals surface area contributed by atoms with Crippen molar-refractivity contribution in [2.24, 2.45) is 7.05 Å². The third kappa shape index (κ3) is 3.89. The lowest BCUT2D eigenvalue weighted by atomic mass is 9.95. The van der Waals surface area contributed by atoms with Gasteiger partial charge < -0.3 is 5.32 Å². The Labute approximate surface area is 204 Å². The van der Waals surface area contributed by atoms with Crippen LogP contribution < -0.4 is 16.6 Å². The smallest absolute Gasteiger partial charge is 0.377 e. The standard InChI is InChI=1S/C24H24ClN7O3/c1-5-8-32-22-16(11-26-32)19-14(9-12(2)10-15(19)23(33)31(22)4)13(3)27-17-6-7-18(25)28-20(17)21-29-24(34)35-30-21/h6-7,9-11,13,27H,5,8H2,1-4H3,(H,29,30,34). The van der Waals surface area contributed by atoms with Gasteiger partial charge in [0.1, 0.15) is 16.5 Å². The van der Waals surface area contributed by atoms with Crippen LogP contribution in [0.1, 0.15) is 37.4 Å². The van der Waals surface area contributed by atoms with Gasteiger partial charge in [0, 0.05) is 35.8 Å². The van der Waals surface area contributed by atoms with Gasteiger partial charge >= 0.3 is 5.76 Å². The monoisotopic (exact) mass is 493 g/mol. The van der Waals surface area contributed by atoms with Crippen molar-refractivity contribution in [3.63, 3.8) is 0 Å². The van der Waals surface area contributed by atoms with E-state index in [0.29, 0.717) is 23.3 Å². The summed E-state index contributed by atoms with van der Waals surface area (Å²) in [7, 11) is 1.78. The number of aromatic amines is 1. The lowest BCUT2D eigenvalue weighted by Gasteiger charge is -2.21. The molecule has 4 aromatic heterocycles. The molecule has 11 heteroatoms. The summed E-state index contributed by atoms with van der Waals surface area (Å²) >= 11 is 6.12. The molecule has 0 bridgehead atoms. The topological polar surface area (TPSA) is 124 Å². The van der Waals surface area contributed by atoms with Crippen LogP contribution in [-0.2, 0) is 13.6 Å². The summed E-state index contributed by atoms with van der Waals surface area (Å²) in [4.78, 5) is 31.7. The lowest BCUT2D eigenvalue weighted by molar-refractivity contribution is 0.388. The van der Waals surface area contributed by atoms with Crippen LogP contribution in [-0.4, -0.2) is 29.5 Å². The lowest BCUT2D eigenvalue weighted by Crippen LogP contribution is -2.21. The molecule has 0 aliphatic carbocycles. The van der Waals surface area contributed by atoms with Gasteiger partial charge in [0.2, 0.25) is 5.82 Å². The highest BCUT2D eigenvalue weighted by Crippen LogP contribution is 2.34. The van der Waals surface area contributed by atoms with E-state index in [4.69, 9.17) is 11.6 Å².